The second-order valence-corrected chi connectivity index (χ2v) is 10.3. The second kappa shape index (κ2) is 7.82. The van der Waals surface area contributed by atoms with Crippen molar-refractivity contribution in [3.8, 4) is 11.4 Å². The smallest absolute Gasteiger partial charge is 0.233 e. The minimum absolute atomic E-state index is 0.00860. The number of thioether (sulfide) groups is 1. The summed E-state index contributed by atoms with van der Waals surface area (Å²) >= 11 is 1.36. The van der Waals surface area contributed by atoms with E-state index < -0.39 is 9.84 Å². The number of aromatic nitrogens is 4. The van der Waals surface area contributed by atoms with Crippen molar-refractivity contribution < 1.29 is 13.2 Å². The van der Waals surface area contributed by atoms with Crippen LogP contribution < -0.4 is 0 Å². The summed E-state index contributed by atoms with van der Waals surface area (Å²) in [7, 11) is -3.02. The van der Waals surface area contributed by atoms with Crippen molar-refractivity contribution in [1.29, 1.82) is 0 Å². The zero-order valence-corrected chi connectivity index (χ0v) is 17.3. The standard InChI is InChI=1S/C18H23N5O3S2/c1-2-22-17(13-5-8-19-9-6-13)20-21-18(22)27-11-16(24)23(14-3-4-14)15-7-10-28(25,26)12-15/h5-6,8-9,14-15H,2-4,7,10-12H2,1H3/t15-/m0/s1. The van der Waals surface area contributed by atoms with Gasteiger partial charge in [0.1, 0.15) is 0 Å². The predicted molar refractivity (Wildman–Crippen MR) is 107 cm³/mol. The average Bonchev–Trinajstić information content (AvgIpc) is 3.32. The highest BCUT2D eigenvalue weighted by molar-refractivity contribution is 7.99. The molecule has 1 atom stereocenters. The van der Waals surface area contributed by atoms with Crippen LogP contribution in [0.3, 0.4) is 0 Å². The van der Waals surface area contributed by atoms with Crippen molar-refractivity contribution >= 4 is 27.5 Å². The van der Waals surface area contributed by atoms with Crippen molar-refractivity contribution in [3.63, 3.8) is 0 Å². The fraction of sp³-hybridized carbons (Fsp3) is 0.556. The van der Waals surface area contributed by atoms with Crippen LogP contribution in [-0.2, 0) is 21.2 Å². The van der Waals surface area contributed by atoms with Crippen LogP contribution in [-0.4, -0.2) is 68.3 Å². The second-order valence-electron chi connectivity index (χ2n) is 7.16. The fourth-order valence-corrected chi connectivity index (χ4v) is 6.23. The third-order valence-electron chi connectivity index (χ3n) is 5.13. The number of carbonyl (C=O) groups excluding carboxylic acids is 1. The summed E-state index contributed by atoms with van der Waals surface area (Å²) in [4.78, 5) is 18.8. The Balaban J connectivity index is 1.46. The van der Waals surface area contributed by atoms with E-state index in [1.54, 1.807) is 12.4 Å². The molecule has 2 aromatic heterocycles. The molecule has 1 aliphatic carbocycles. The van der Waals surface area contributed by atoms with Crippen LogP contribution in [0.4, 0.5) is 0 Å². The van der Waals surface area contributed by atoms with Crippen LogP contribution in [0.2, 0.25) is 0 Å². The Morgan fingerprint density at radius 2 is 1.96 bits per heavy atom. The molecular weight excluding hydrogens is 398 g/mol. The molecule has 0 spiro atoms. The summed E-state index contributed by atoms with van der Waals surface area (Å²) in [6, 6.07) is 3.78. The molecule has 2 aliphatic rings. The van der Waals surface area contributed by atoms with E-state index in [4.69, 9.17) is 0 Å². The summed E-state index contributed by atoms with van der Waals surface area (Å²) in [6.07, 6.45) is 5.90. The Morgan fingerprint density at radius 3 is 2.57 bits per heavy atom. The lowest BCUT2D eigenvalue weighted by atomic mass is 10.2. The summed E-state index contributed by atoms with van der Waals surface area (Å²) in [5, 5.41) is 9.24. The Morgan fingerprint density at radius 1 is 1.21 bits per heavy atom. The first-order valence-corrected chi connectivity index (χ1v) is 12.3. The van der Waals surface area contributed by atoms with Crippen LogP contribution >= 0.6 is 11.8 Å². The van der Waals surface area contributed by atoms with E-state index in [2.05, 4.69) is 15.2 Å². The largest absolute Gasteiger partial charge is 0.335 e. The Hall–Kier alpha value is -1.94. The van der Waals surface area contributed by atoms with E-state index in [0.29, 0.717) is 18.1 Å². The van der Waals surface area contributed by atoms with Crippen LogP contribution in [0.15, 0.2) is 29.7 Å². The third-order valence-corrected chi connectivity index (χ3v) is 7.83. The Labute approximate surface area is 168 Å². The molecule has 0 radical (unpaired) electrons. The van der Waals surface area contributed by atoms with Gasteiger partial charge in [0.15, 0.2) is 20.8 Å². The summed E-state index contributed by atoms with van der Waals surface area (Å²) in [5.74, 6) is 1.26. The number of carbonyl (C=O) groups is 1. The van der Waals surface area contributed by atoms with E-state index in [9.17, 15) is 13.2 Å². The number of hydrogen-bond acceptors (Lipinski definition) is 7. The van der Waals surface area contributed by atoms with Crippen LogP contribution in [0.1, 0.15) is 26.2 Å². The minimum Gasteiger partial charge on any atom is -0.335 e. The third kappa shape index (κ3) is 4.07. The van der Waals surface area contributed by atoms with Gasteiger partial charge in [0.25, 0.3) is 0 Å². The summed E-state index contributed by atoms with van der Waals surface area (Å²) in [5.41, 5.74) is 0.929. The average molecular weight is 422 g/mol. The van der Waals surface area contributed by atoms with Gasteiger partial charge >= 0.3 is 0 Å². The van der Waals surface area contributed by atoms with Gasteiger partial charge in [-0.1, -0.05) is 11.8 Å². The molecule has 10 heteroatoms. The number of hydrogen-bond donors (Lipinski definition) is 0. The topological polar surface area (TPSA) is 98.1 Å². The van der Waals surface area contributed by atoms with E-state index in [1.807, 2.05) is 28.5 Å². The van der Waals surface area contributed by atoms with Gasteiger partial charge in [0.2, 0.25) is 5.91 Å². The van der Waals surface area contributed by atoms with E-state index in [0.717, 1.165) is 24.2 Å². The lowest BCUT2D eigenvalue weighted by molar-refractivity contribution is -0.130. The van der Waals surface area contributed by atoms with Gasteiger partial charge in [-0.2, -0.15) is 0 Å². The molecule has 150 valence electrons. The van der Waals surface area contributed by atoms with Crippen molar-refractivity contribution in [2.75, 3.05) is 17.3 Å². The highest BCUT2D eigenvalue weighted by Gasteiger charge is 2.42. The summed E-state index contributed by atoms with van der Waals surface area (Å²) < 4.78 is 25.7. The zero-order valence-electron chi connectivity index (χ0n) is 15.7. The van der Waals surface area contributed by atoms with E-state index in [1.165, 1.54) is 11.8 Å². The highest BCUT2D eigenvalue weighted by atomic mass is 32.2. The number of pyridine rings is 1. The number of nitrogens with zero attached hydrogens (tertiary/aromatic N) is 5. The highest BCUT2D eigenvalue weighted by Crippen LogP contribution is 2.33. The van der Waals surface area contributed by atoms with E-state index >= 15 is 0 Å². The number of sulfone groups is 1. The van der Waals surface area contributed by atoms with Crippen molar-refractivity contribution in [2.24, 2.45) is 0 Å². The lowest BCUT2D eigenvalue weighted by Gasteiger charge is -2.28. The quantitative estimate of drug-likeness (QED) is 0.627. The van der Waals surface area contributed by atoms with Crippen molar-refractivity contribution in [2.45, 2.75) is 50.0 Å². The minimum atomic E-state index is -3.02. The molecule has 1 saturated heterocycles. The molecule has 0 N–H and O–H groups in total. The molecule has 28 heavy (non-hydrogen) atoms. The summed E-state index contributed by atoms with van der Waals surface area (Å²) in [6.45, 7) is 2.70. The SMILES string of the molecule is CCn1c(SCC(=O)N(C2CC2)[C@H]2CCS(=O)(=O)C2)nnc1-c1ccncc1. The fourth-order valence-electron chi connectivity index (χ4n) is 3.65. The molecule has 8 nitrogen and oxygen atoms in total. The van der Waals surface area contributed by atoms with E-state index in [-0.39, 0.29) is 35.2 Å². The molecule has 0 bridgehead atoms. The maximum Gasteiger partial charge on any atom is 0.233 e. The molecule has 1 saturated carbocycles. The molecular formula is C18H23N5O3S2. The Kier molecular flexibility index (Phi) is 5.42. The van der Waals surface area contributed by atoms with Crippen LogP contribution in [0.25, 0.3) is 11.4 Å². The first-order chi connectivity index (χ1) is 13.5. The molecule has 0 unspecified atom stereocenters. The maximum atomic E-state index is 12.9. The van der Waals surface area contributed by atoms with Gasteiger partial charge < -0.3 is 9.47 Å². The Bertz CT molecular complexity index is 957. The molecule has 0 aromatic carbocycles. The van der Waals surface area contributed by atoms with Gasteiger partial charge in [-0.15, -0.1) is 10.2 Å². The zero-order chi connectivity index (χ0) is 19.7. The molecule has 2 fully saturated rings. The molecule has 2 aromatic rings. The first-order valence-electron chi connectivity index (χ1n) is 9.46. The monoisotopic (exact) mass is 421 g/mol. The van der Waals surface area contributed by atoms with Gasteiger partial charge in [-0.3, -0.25) is 9.78 Å². The van der Waals surface area contributed by atoms with Crippen LogP contribution in [0.5, 0.6) is 0 Å². The first kappa shape index (κ1) is 19.4. The lowest BCUT2D eigenvalue weighted by Crippen LogP contribution is -2.43. The van der Waals surface area contributed by atoms with Gasteiger partial charge in [-0.25, -0.2) is 8.42 Å². The normalized spacial score (nSPS) is 21.0. The molecule has 3 heterocycles. The maximum absolute atomic E-state index is 12.9. The molecule has 1 amide bonds. The van der Waals surface area contributed by atoms with Gasteiger partial charge in [0.05, 0.1) is 17.3 Å². The van der Waals surface area contributed by atoms with Crippen LogP contribution in [0, 0.1) is 0 Å². The molecule has 1 aliphatic heterocycles. The van der Waals surface area contributed by atoms with Gasteiger partial charge in [0, 0.05) is 36.6 Å². The van der Waals surface area contributed by atoms with Gasteiger partial charge in [-0.05, 0) is 38.3 Å². The van der Waals surface area contributed by atoms with Crippen molar-refractivity contribution in [1.82, 2.24) is 24.6 Å². The number of amides is 1. The van der Waals surface area contributed by atoms with Crippen molar-refractivity contribution in [3.05, 3.63) is 24.5 Å². The number of rotatable bonds is 7. The molecule has 4 rings (SSSR count). The predicted octanol–water partition coefficient (Wildman–Crippen LogP) is 1.63.